The summed E-state index contributed by atoms with van der Waals surface area (Å²) in [5, 5.41) is 13.9. The standard InChI is InChI=1S/C28H35NO3/c1-18(30)32-22-11-13-27(2)21(17-22)9-10-23-24(27)12-14-28(3)25(23)16-20(26(28)29-31)15-19-7-5-4-6-8-19/h4-9,15,22-25,31H,10-14,16-17H2,1-3H3/b20-15+,29-26+/t22-,23+,24-,25-,27-,28-/m0/s1. The predicted octanol–water partition coefficient (Wildman–Crippen LogP) is 6.40. The molecule has 3 saturated carbocycles. The molecule has 4 heteroatoms. The van der Waals surface area contributed by atoms with Crippen LogP contribution in [-0.2, 0) is 9.53 Å². The van der Waals surface area contributed by atoms with Gasteiger partial charge in [-0.3, -0.25) is 4.79 Å². The first-order chi connectivity index (χ1) is 15.3. The molecule has 3 fully saturated rings. The van der Waals surface area contributed by atoms with Gasteiger partial charge in [-0.15, -0.1) is 0 Å². The van der Waals surface area contributed by atoms with Gasteiger partial charge in [0.1, 0.15) is 6.10 Å². The molecule has 0 saturated heterocycles. The minimum Gasteiger partial charge on any atom is -0.462 e. The lowest BCUT2D eigenvalue weighted by atomic mass is 9.48. The number of hydrogen-bond donors (Lipinski definition) is 1. The monoisotopic (exact) mass is 433 g/mol. The van der Waals surface area contributed by atoms with E-state index in [-0.39, 0.29) is 22.9 Å². The molecule has 4 aliphatic rings. The summed E-state index contributed by atoms with van der Waals surface area (Å²) in [5.41, 5.74) is 4.92. The van der Waals surface area contributed by atoms with Crippen LogP contribution >= 0.6 is 0 Å². The van der Waals surface area contributed by atoms with Crippen molar-refractivity contribution in [1.29, 1.82) is 0 Å². The molecule has 1 aromatic rings. The fourth-order valence-electron chi connectivity index (χ4n) is 7.71. The van der Waals surface area contributed by atoms with Crippen molar-refractivity contribution in [2.75, 3.05) is 0 Å². The highest BCUT2D eigenvalue weighted by molar-refractivity contribution is 6.09. The maximum atomic E-state index is 11.5. The molecular weight excluding hydrogens is 398 g/mol. The van der Waals surface area contributed by atoms with Crippen molar-refractivity contribution in [2.45, 2.75) is 71.8 Å². The third-order valence-corrected chi connectivity index (χ3v) is 9.31. The van der Waals surface area contributed by atoms with Gasteiger partial charge in [-0.25, -0.2) is 0 Å². The molecule has 0 heterocycles. The van der Waals surface area contributed by atoms with Crippen LogP contribution in [0.3, 0.4) is 0 Å². The summed E-state index contributed by atoms with van der Waals surface area (Å²) < 4.78 is 5.58. The molecule has 0 spiro atoms. The zero-order valence-electron chi connectivity index (χ0n) is 19.5. The second kappa shape index (κ2) is 7.90. The fraction of sp³-hybridized carbons (Fsp3) is 0.571. The number of ether oxygens (including phenoxy) is 1. The molecule has 1 aromatic carbocycles. The first kappa shape index (κ1) is 21.5. The number of nitrogens with zero attached hydrogens (tertiary/aromatic N) is 1. The van der Waals surface area contributed by atoms with Crippen molar-refractivity contribution in [1.82, 2.24) is 0 Å². The Labute approximate surface area is 191 Å². The minimum absolute atomic E-state index is 0.0391. The lowest BCUT2D eigenvalue weighted by molar-refractivity contribution is -0.148. The van der Waals surface area contributed by atoms with E-state index in [0.29, 0.717) is 17.8 Å². The van der Waals surface area contributed by atoms with Gasteiger partial charge in [0.2, 0.25) is 0 Å². The molecule has 4 nitrogen and oxygen atoms in total. The van der Waals surface area contributed by atoms with Gasteiger partial charge in [-0.05, 0) is 78.9 Å². The maximum Gasteiger partial charge on any atom is 0.302 e. The Kier molecular flexibility index (Phi) is 5.30. The summed E-state index contributed by atoms with van der Waals surface area (Å²) >= 11 is 0. The zero-order valence-corrected chi connectivity index (χ0v) is 19.5. The topological polar surface area (TPSA) is 58.9 Å². The predicted molar refractivity (Wildman–Crippen MR) is 126 cm³/mol. The van der Waals surface area contributed by atoms with Crippen LogP contribution in [0.1, 0.15) is 71.3 Å². The number of carbonyl (C=O) groups is 1. The van der Waals surface area contributed by atoms with Crippen LogP contribution in [0.15, 0.2) is 52.7 Å². The van der Waals surface area contributed by atoms with E-state index < -0.39 is 0 Å². The number of carbonyl (C=O) groups excluding carboxylic acids is 1. The first-order valence-electron chi connectivity index (χ1n) is 12.2. The highest BCUT2D eigenvalue weighted by Gasteiger charge is 2.59. The summed E-state index contributed by atoms with van der Waals surface area (Å²) in [6.45, 7) is 6.30. The summed E-state index contributed by atoms with van der Waals surface area (Å²) in [6.07, 6.45) is 12.0. The third kappa shape index (κ3) is 3.34. The lowest BCUT2D eigenvalue weighted by Crippen LogP contribution is -2.50. The Balaban J connectivity index is 1.45. The highest BCUT2D eigenvalue weighted by Crippen LogP contribution is 2.65. The van der Waals surface area contributed by atoms with E-state index in [9.17, 15) is 10.0 Å². The van der Waals surface area contributed by atoms with Crippen molar-refractivity contribution in [3.8, 4) is 0 Å². The molecule has 5 rings (SSSR count). The molecular formula is C28H35NO3. The molecule has 4 aliphatic carbocycles. The smallest absolute Gasteiger partial charge is 0.302 e. The number of benzene rings is 1. The summed E-state index contributed by atoms with van der Waals surface area (Å²) in [4.78, 5) is 11.5. The van der Waals surface area contributed by atoms with Crippen molar-refractivity contribution in [2.24, 2.45) is 33.7 Å². The van der Waals surface area contributed by atoms with Gasteiger partial charge in [0.15, 0.2) is 0 Å². The molecule has 0 bridgehead atoms. The van der Waals surface area contributed by atoms with E-state index in [1.54, 1.807) is 0 Å². The second-order valence-corrected chi connectivity index (χ2v) is 10.9. The molecule has 32 heavy (non-hydrogen) atoms. The number of oxime groups is 1. The van der Waals surface area contributed by atoms with Crippen LogP contribution in [-0.4, -0.2) is 23.0 Å². The van der Waals surface area contributed by atoms with Crippen LogP contribution < -0.4 is 0 Å². The van der Waals surface area contributed by atoms with Gasteiger partial charge in [0.05, 0.1) is 5.71 Å². The van der Waals surface area contributed by atoms with Gasteiger partial charge in [0, 0.05) is 18.8 Å². The Morgan fingerprint density at radius 2 is 1.84 bits per heavy atom. The first-order valence-corrected chi connectivity index (χ1v) is 12.2. The largest absolute Gasteiger partial charge is 0.462 e. The maximum absolute atomic E-state index is 11.5. The summed E-state index contributed by atoms with van der Waals surface area (Å²) in [7, 11) is 0. The van der Waals surface area contributed by atoms with Gasteiger partial charge in [0.25, 0.3) is 0 Å². The van der Waals surface area contributed by atoms with E-state index in [2.05, 4.69) is 55.4 Å². The number of hydrogen-bond acceptors (Lipinski definition) is 4. The van der Waals surface area contributed by atoms with Crippen molar-refractivity contribution < 1.29 is 14.7 Å². The van der Waals surface area contributed by atoms with E-state index in [4.69, 9.17) is 4.74 Å². The van der Waals surface area contributed by atoms with Crippen molar-refractivity contribution in [3.05, 3.63) is 53.1 Å². The number of fused-ring (bicyclic) bond motifs is 5. The molecule has 0 aromatic heterocycles. The normalized spacial score (nSPS) is 40.9. The van der Waals surface area contributed by atoms with Crippen molar-refractivity contribution >= 4 is 17.8 Å². The average Bonchev–Trinajstić information content (AvgIpc) is 3.05. The van der Waals surface area contributed by atoms with Gasteiger partial charge >= 0.3 is 5.97 Å². The SMILES string of the molecule is CC(=O)O[C@H]1CC[C@@]2(C)C(=CC[C@@H]3[C@@H]2CC[C@]2(C)C(=N/O)/C(=C/c4ccccc4)C[C@@H]32)C1. The highest BCUT2D eigenvalue weighted by atomic mass is 16.5. The zero-order chi connectivity index (χ0) is 22.5. The number of rotatable bonds is 2. The molecule has 0 amide bonds. The van der Waals surface area contributed by atoms with Crippen LogP contribution in [0.2, 0.25) is 0 Å². The Morgan fingerprint density at radius 1 is 1.09 bits per heavy atom. The third-order valence-electron chi connectivity index (χ3n) is 9.31. The number of allylic oxidation sites excluding steroid dienone is 2. The van der Waals surface area contributed by atoms with Crippen LogP contribution in [0, 0.1) is 28.6 Å². The van der Waals surface area contributed by atoms with Crippen LogP contribution in [0.25, 0.3) is 6.08 Å². The summed E-state index contributed by atoms with van der Waals surface area (Å²) in [6, 6.07) is 10.4. The lowest BCUT2D eigenvalue weighted by Gasteiger charge is -2.57. The van der Waals surface area contributed by atoms with Crippen molar-refractivity contribution in [3.63, 3.8) is 0 Å². The number of esters is 1. The van der Waals surface area contributed by atoms with Crippen LogP contribution in [0.4, 0.5) is 0 Å². The van der Waals surface area contributed by atoms with E-state index >= 15 is 0 Å². The molecule has 0 aliphatic heterocycles. The quantitative estimate of drug-likeness (QED) is 0.254. The van der Waals surface area contributed by atoms with E-state index in [0.717, 1.165) is 44.2 Å². The van der Waals surface area contributed by atoms with Gasteiger partial charge < -0.3 is 9.94 Å². The van der Waals surface area contributed by atoms with E-state index in [1.165, 1.54) is 30.1 Å². The molecule has 170 valence electrons. The average molecular weight is 434 g/mol. The Hall–Kier alpha value is -2.36. The minimum atomic E-state index is -0.166. The van der Waals surface area contributed by atoms with Crippen LogP contribution in [0.5, 0.6) is 0 Å². The van der Waals surface area contributed by atoms with Gasteiger partial charge in [-0.1, -0.05) is 61.0 Å². The van der Waals surface area contributed by atoms with Gasteiger partial charge in [-0.2, -0.15) is 0 Å². The second-order valence-electron chi connectivity index (χ2n) is 10.9. The molecule has 0 radical (unpaired) electrons. The molecule has 0 unspecified atom stereocenters. The molecule has 6 atom stereocenters. The molecule has 1 N–H and O–H groups in total. The fourth-order valence-corrected chi connectivity index (χ4v) is 7.71. The summed E-state index contributed by atoms with van der Waals surface area (Å²) in [5.74, 6) is 1.59. The Morgan fingerprint density at radius 3 is 2.56 bits per heavy atom. The van der Waals surface area contributed by atoms with E-state index in [1.807, 2.05) is 6.07 Å². The Bertz CT molecular complexity index is 993.